The highest BCUT2D eigenvalue weighted by atomic mass is 32.1. The van der Waals surface area contributed by atoms with Gasteiger partial charge in [0.2, 0.25) is 5.88 Å². The van der Waals surface area contributed by atoms with Crippen LogP contribution in [0.5, 0.6) is 5.88 Å². The van der Waals surface area contributed by atoms with Crippen molar-refractivity contribution in [1.29, 1.82) is 0 Å². The lowest BCUT2D eigenvalue weighted by Gasteiger charge is -2.14. The largest absolute Gasteiger partial charge is 0.481 e. The van der Waals surface area contributed by atoms with Crippen LogP contribution in [0.15, 0.2) is 35.2 Å². The quantitative estimate of drug-likeness (QED) is 0.883. The number of nitrogens with one attached hydrogen (secondary N) is 1. The SMILES string of the molecule is CNC(Cc1ccc(OC)nc1)c1ccsc1. The first-order valence-corrected chi connectivity index (χ1v) is 6.46. The Hall–Kier alpha value is -1.39. The van der Waals surface area contributed by atoms with Crippen LogP contribution in [-0.4, -0.2) is 19.1 Å². The first kappa shape index (κ1) is 12.1. The molecule has 1 unspecified atom stereocenters. The molecule has 2 aromatic rings. The molecule has 0 fully saturated rings. The van der Waals surface area contributed by atoms with E-state index >= 15 is 0 Å². The number of aromatic nitrogens is 1. The van der Waals surface area contributed by atoms with Gasteiger partial charge in [-0.2, -0.15) is 11.3 Å². The van der Waals surface area contributed by atoms with Crippen molar-refractivity contribution < 1.29 is 4.74 Å². The number of rotatable bonds is 5. The third kappa shape index (κ3) is 3.05. The standard InChI is InChI=1S/C13H16N2OS/c1-14-12(11-5-6-17-9-11)7-10-3-4-13(16-2)15-8-10/h3-6,8-9,12,14H,7H2,1-2H3. The van der Waals surface area contributed by atoms with Crippen molar-refractivity contribution in [3.05, 3.63) is 46.3 Å². The number of nitrogens with zero attached hydrogens (tertiary/aromatic N) is 1. The van der Waals surface area contributed by atoms with E-state index in [4.69, 9.17) is 4.74 Å². The monoisotopic (exact) mass is 248 g/mol. The maximum absolute atomic E-state index is 5.05. The summed E-state index contributed by atoms with van der Waals surface area (Å²) in [6, 6.07) is 6.46. The predicted octanol–water partition coefficient (Wildman–Crippen LogP) is 2.65. The minimum atomic E-state index is 0.344. The molecule has 3 nitrogen and oxygen atoms in total. The maximum Gasteiger partial charge on any atom is 0.212 e. The summed E-state index contributed by atoms with van der Waals surface area (Å²) in [5.41, 5.74) is 2.53. The Bertz CT molecular complexity index is 439. The van der Waals surface area contributed by atoms with Crippen LogP contribution < -0.4 is 10.1 Å². The van der Waals surface area contributed by atoms with Crippen LogP contribution in [0.1, 0.15) is 17.2 Å². The van der Waals surface area contributed by atoms with Crippen molar-refractivity contribution in [3.63, 3.8) is 0 Å². The van der Waals surface area contributed by atoms with Gasteiger partial charge in [0.1, 0.15) is 0 Å². The van der Waals surface area contributed by atoms with Crippen molar-refractivity contribution >= 4 is 11.3 Å². The fourth-order valence-electron chi connectivity index (χ4n) is 1.75. The highest BCUT2D eigenvalue weighted by Crippen LogP contribution is 2.20. The zero-order chi connectivity index (χ0) is 12.1. The van der Waals surface area contributed by atoms with E-state index in [2.05, 4.69) is 33.2 Å². The second-order valence-electron chi connectivity index (χ2n) is 3.81. The summed E-state index contributed by atoms with van der Waals surface area (Å²) in [5.74, 6) is 0.658. The number of hydrogen-bond acceptors (Lipinski definition) is 4. The van der Waals surface area contributed by atoms with Gasteiger partial charge in [-0.1, -0.05) is 6.07 Å². The molecule has 0 aliphatic carbocycles. The molecule has 0 saturated carbocycles. The molecule has 0 aliphatic heterocycles. The topological polar surface area (TPSA) is 34.1 Å². The molecular formula is C13H16N2OS. The molecule has 2 heterocycles. The van der Waals surface area contributed by atoms with E-state index in [1.807, 2.05) is 19.3 Å². The van der Waals surface area contributed by atoms with Gasteiger partial charge in [-0.15, -0.1) is 0 Å². The Kier molecular flexibility index (Phi) is 4.12. The molecule has 2 aromatic heterocycles. The van der Waals surface area contributed by atoms with Crippen LogP contribution in [0.4, 0.5) is 0 Å². The molecule has 1 N–H and O–H groups in total. The van der Waals surface area contributed by atoms with Crippen molar-refractivity contribution in [2.45, 2.75) is 12.5 Å². The fourth-order valence-corrected chi connectivity index (χ4v) is 2.46. The van der Waals surface area contributed by atoms with Gasteiger partial charge in [0.25, 0.3) is 0 Å². The highest BCUT2D eigenvalue weighted by Gasteiger charge is 2.10. The molecular weight excluding hydrogens is 232 g/mol. The van der Waals surface area contributed by atoms with Gasteiger partial charge in [-0.05, 0) is 41.4 Å². The van der Waals surface area contributed by atoms with Gasteiger partial charge in [-0.25, -0.2) is 4.98 Å². The van der Waals surface area contributed by atoms with Crippen LogP contribution in [0.2, 0.25) is 0 Å². The van der Waals surface area contributed by atoms with Gasteiger partial charge in [0.15, 0.2) is 0 Å². The van der Waals surface area contributed by atoms with Crippen LogP contribution in [0.25, 0.3) is 0 Å². The van der Waals surface area contributed by atoms with Crippen molar-refractivity contribution in [3.8, 4) is 5.88 Å². The van der Waals surface area contributed by atoms with Crippen molar-refractivity contribution in [2.75, 3.05) is 14.2 Å². The molecule has 4 heteroatoms. The first-order chi connectivity index (χ1) is 8.33. The Morgan fingerprint density at radius 3 is 2.82 bits per heavy atom. The lowest BCUT2D eigenvalue weighted by Crippen LogP contribution is -2.18. The number of methoxy groups -OCH3 is 1. The van der Waals surface area contributed by atoms with Gasteiger partial charge in [0.05, 0.1) is 7.11 Å². The Balaban J connectivity index is 2.07. The fraction of sp³-hybridized carbons (Fsp3) is 0.308. The molecule has 0 saturated heterocycles. The van der Waals surface area contributed by atoms with Crippen molar-refractivity contribution in [1.82, 2.24) is 10.3 Å². The number of ether oxygens (including phenoxy) is 1. The minimum Gasteiger partial charge on any atom is -0.481 e. The Labute approximate surface area is 105 Å². The summed E-state index contributed by atoms with van der Waals surface area (Å²) in [4.78, 5) is 4.22. The summed E-state index contributed by atoms with van der Waals surface area (Å²) in [7, 11) is 3.61. The third-order valence-electron chi connectivity index (χ3n) is 2.74. The molecule has 17 heavy (non-hydrogen) atoms. The summed E-state index contributed by atoms with van der Waals surface area (Å²) in [6.45, 7) is 0. The lowest BCUT2D eigenvalue weighted by molar-refractivity contribution is 0.397. The van der Waals surface area contributed by atoms with Gasteiger partial charge in [0, 0.05) is 18.3 Å². The van der Waals surface area contributed by atoms with Gasteiger partial charge < -0.3 is 10.1 Å². The van der Waals surface area contributed by atoms with Gasteiger partial charge in [-0.3, -0.25) is 0 Å². The molecule has 90 valence electrons. The molecule has 0 aromatic carbocycles. The Morgan fingerprint density at radius 1 is 1.41 bits per heavy atom. The van der Waals surface area contributed by atoms with E-state index in [1.54, 1.807) is 18.4 Å². The van der Waals surface area contributed by atoms with E-state index in [1.165, 1.54) is 11.1 Å². The van der Waals surface area contributed by atoms with E-state index in [0.29, 0.717) is 11.9 Å². The van der Waals surface area contributed by atoms with E-state index in [0.717, 1.165) is 6.42 Å². The van der Waals surface area contributed by atoms with Crippen LogP contribution in [-0.2, 0) is 6.42 Å². The average Bonchev–Trinajstić information content (AvgIpc) is 2.90. The molecule has 0 bridgehead atoms. The zero-order valence-corrected chi connectivity index (χ0v) is 10.8. The zero-order valence-electron chi connectivity index (χ0n) is 10.0. The number of thiophene rings is 1. The predicted molar refractivity (Wildman–Crippen MR) is 70.6 cm³/mol. The molecule has 0 spiro atoms. The summed E-state index contributed by atoms with van der Waals surface area (Å²) in [6.07, 6.45) is 2.81. The molecule has 1 atom stereocenters. The smallest absolute Gasteiger partial charge is 0.212 e. The molecule has 0 aliphatic rings. The maximum atomic E-state index is 5.05. The number of pyridine rings is 1. The summed E-state index contributed by atoms with van der Waals surface area (Å²) >= 11 is 1.72. The lowest BCUT2D eigenvalue weighted by atomic mass is 10.0. The highest BCUT2D eigenvalue weighted by molar-refractivity contribution is 7.07. The molecule has 2 rings (SSSR count). The number of likely N-dealkylation sites (N-methyl/N-ethyl adjacent to an activating group) is 1. The second-order valence-corrected chi connectivity index (χ2v) is 4.59. The molecule has 0 radical (unpaired) electrons. The van der Waals surface area contributed by atoms with Gasteiger partial charge >= 0.3 is 0 Å². The van der Waals surface area contributed by atoms with Crippen LogP contribution >= 0.6 is 11.3 Å². The average molecular weight is 248 g/mol. The first-order valence-electron chi connectivity index (χ1n) is 5.51. The van der Waals surface area contributed by atoms with E-state index in [9.17, 15) is 0 Å². The normalized spacial score (nSPS) is 12.4. The van der Waals surface area contributed by atoms with Crippen LogP contribution in [0, 0.1) is 0 Å². The van der Waals surface area contributed by atoms with Crippen LogP contribution in [0.3, 0.4) is 0 Å². The Morgan fingerprint density at radius 2 is 2.29 bits per heavy atom. The van der Waals surface area contributed by atoms with E-state index in [-0.39, 0.29) is 0 Å². The van der Waals surface area contributed by atoms with Crippen molar-refractivity contribution in [2.24, 2.45) is 0 Å². The van der Waals surface area contributed by atoms with E-state index < -0.39 is 0 Å². The second kappa shape index (κ2) is 5.80. The third-order valence-corrected chi connectivity index (χ3v) is 3.44. The minimum absolute atomic E-state index is 0.344. The summed E-state index contributed by atoms with van der Waals surface area (Å²) in [5, 5.41) is 7.61. The summed E-state index contributed by atoms with van der Waals surface area (Å²) < 4.78 is 5.05. The molecule has 0 amide bonds. The number of hydrogen-bond donors (Lipinski definition) is 1.